The molecule has 0 aliphatic rings. The first kappa shape index (κ1) is 27.3. The van der Waals surface area contributed by atoms with Crippen molar-refractivity contribution in [1.29, 1.82) is 0 Å². The maximum Gasteiger partial charge on any atom is 0.412 e. The summed E-state index contributed by atoms with van der Waals surface area (Å²) in [7, 11) is 0. The number of ether oxygens (including phenoxy) is 1. The van der Waals surface area contributed by atoms with E-state index in [9.17, 15) is 14.0 Å². The van der Waals surface area contributed by atoms with Crippen molar-refractivity contribution in [3.63, 3.8) is 0 Å². The highest BCUT2D eigenvalue weighted by atomic mass is 35.5. The number of nitrogens with zero attached hydrogens (tertiary/aromatic N) is 2. The molecule has 200 valence electrons. The van der Waals surface area contributed by atoms with Crippen LogP contribution in [-0.2, 0) is 4.74 Å². The Hall–Kier alpha value is -4.70. The van der Waals surface area contributed by atoms with E-state index in [-0.39, 0.29) is 17.7 Å². The molecule has 1 heterocycles. The molecular formula is C28H26ClFN6O3. The molecule has 0 saturated carbocycles. The van der Waals surface area contributed by atoms with Crippen molar-refractivity contribution in [3.05, 3.63) is 95.4 Å². The van der Waals surface area contributed by atoms with Gasteiger partial charge < -0.3 is 20.7 Å². The fourth-order valence-electron chi connectivity index (χ4n) is 3.30. The number of rotatable bonds is 7. The van der Waals surface area contributed by atoms with Crippen LogP contribution in [0.3, 0.4) is 0 Å². The first-order valence-electron chi connectivity index (χ1n) is 11.9. The number of nitrogens with one attached hydrogen (secondary N) is 4. The first-order chi connectivity index (χ1) is 18.6. The van der Waals surface area contributed by atoms with Crippen molar-refractivity contribution in [3.8, 4) is 0 Å². The fraction of sp³-hybridized carbons (Fsp3) is 0.143. The number of amides is 2. The highest BCUT2D eigenvalue weighted by Crippen LogP contribution is 2.24. The van der Waals surface area contributed by atoms with Gasteiger partial charge in [-0.05, 0) is 81.4 Å². The molecule has 0 aliphatic carbocycles. The maximum atomic E-state index is 14.4. The van der Waals surface area contributed by atoms with Gasteiger partial charge in [-0.3, -0.25) is 10.1 Å². The van der Waals surface area contributed by atoms with Gasteiger partial charge in [-0.25, -0.2) is 14.2 Å². The molecule has 1 aromatic heterocycles. The van der Waals surface area contributed by atoms with Crippen LogP contribution in [0.1, 0.15) is 31.1 Å². The summed E-state index contributed by atoms with van der Waals surface area (Å²) in [6.45, 7) is 5.34. The quantitative estimate of drug-likeness (QED) is 0.190. The Bertz CT molecular complexity index is 1470. The average molecular weight is 549 g/mol. The second-order valence-corrected chi connectivity index (χ2v) is 9.76. The van der Waals surface area contributed by atoms with Gasteiger partial charge in [0.05, 0.1) is 16.9 Å². The van der Waals surface area contributed by atoms with Crippen LogP contribution in [0.5, 0.6) is 0 Å². The monoisotopic (exact) mass is 548 g/mol. The molecule has 11 heteroatoms. The standard InChI is InChI=1S/C28H26ClFN6O3/c1-28(2,3)39-27(38)34-20-14-12-19(13-15-20)33-26-31-16-22(30)24(36-26)32-18-10-8-17(9-11-18)25(37)35-23-7-5-4-6-21(23)29/h4-16H,1-3H3,(H,34,38)(H,35,37)(H2,31,32,33,36). The van der Waals surface area contributed by atoms with E-state index in [2.05, 4.69) is 31.2 Å². The number of anilines is 6. The van der Waals surface area contributed by atoms with E-state index in [1.807, 2.05) is 0 Å². The van der Waals surface area contributed by atoms with E-state index in [1.165, 1.54) is 0 Å². The van der Waals surface area contributed by atoms with Crippen molar-refractivity contribution in [2.45, 2.75) is 26.4 Å². The van der Waals surface area contributed by atoms with Crippen molar-refractivity contribution < 1.29 is 18.7 Å². The van der Waals surface area contributed by atoms with Crippen LogP contribution < -0.4 is 21.3 Å². The van der Waals surface area contributed by atoms with Gasteiger partial charge in [0.2, 0.25) is 5.95 Å². The molecule has 0 spiro atoms. The Labute approximate surface area is 229 Å². The predicted octanol–water partition coefficient (Wildman–Crippen LogP) is 7.36. The Balaban J connectivity index is 1.38. The number of para-hydroxylation sites is 1. The van der Waals surface area contributed by atoms with Crippen molar-refractivity contribution in [2.24, 2.45) is 0 Å². The van der Waals surface area contributed by atoms with Crippen molar-refractivity contribution in [1.82, 2.24) is 9.97 Å². The lowest BCUT2D eigenvalue weighted by atomic mass is 10.2. The number of hydrogen-bond acceptors (Lipinski definition) is 7. The van der Waals surface area contributed by atoms with E-state index in [4.69, 9.17) is 16.3 Å². The largest absolute Gasteiger partial charge is 0.444 e. The summed E-state index contributed by atoms with van der Waals surface area (Å²) >= 11 is 6.10. The summed E-state index contributed by atoms with van der Waals surface area (Å²) < 4.78 is 19.7. The van der Waals surface area contributed by atoms with Crippen LogP contribution in [-0.4, -0.2) is 27.6 Å². The van der Waals surface area contributed by atoms with E-state index >= 15 is 0 Å². The maximum absolute atomic E-state index is 14.4. The molecule has 2 amide bonds. The number of halogens is 2. The lowest BCUT2D eigenvalue weighted by molar-refractivity contribution is 0.0635. The van der Waals surface area contributed by atoms with Gasteiger partial charge in [-0.1, -0.05) is 23.7 Å². The minimum atomic E-state index is -0.655. The molecule has 0 aliphatic heterocycles. The Morgan fingerprint density at radius 1 is 0.846 bits per heavy atom. The van der Waals surface area contributed by atoms with E-state index in [0.29, 0.717) is 33.3 Å². The van der Waals surface area contributed by atoms with Crippen molar-refractivity contribution in [2.75, 3.05) is 21.3 Å². The van der Waals surface area contributed by atoms with Gasteiger partial charge in [-0.2, -0.15) is 4.98 Å². The minimum Gasteiger partial charge on any atom is -0.444 e. The number of benzene rings is 3. The normalized spacial score (nSPS) is 10.9. The van der Waals surface area contributed by atoms with Gasteiger partial charge in [0.1, 0.15) is 5.60 Å². The molecule has 4 aromatic rings. The third-order valence-electron chi connectivity index (χ3n) is 5.06. The molecule has 0 bridgehead atoms. The molecular weight excluding hydrogens is 523 g/mol. The summed E-state index contributed by atoms with van der Waals surface area (Å²) in [5.41, 5.74) is 1.98. The molecule has 9 nitrogen and oxygen atoms in total. The molecule has 0 atom stereocenters. The summed E-state index contributed by atoms with van der Waals surface area (Å²) in [4.78, 5) is 32.6. The lowest BCUT2D eigenvalue weighted by Crippen LogP contribution is -2.27. The minimum absolute atomic E-state index is 0.0519. The zero-order valence-electron chi connectivity index (χ0n) is 21.4. The summed E-state index contributed by atoms with van der Waals surface area (Å²) in [5, 5.41) is 11.7. The van der Waals surface area contributed by atoms with Crippen LogP contribution in [0, 0.1) is 5.82 Å². The molecule has 0 radical (unpaired) electrons. The van der Waals surface area contributed by atoms with Crippen molar-refractivity contribution >= 4 is 58.1 Å². The number of hydrogen-bond donors (Lipinski definition) is 4. The summed E-state index contributed by atoms with van der Waals surface area (Å²) in [5.74, 6) is -0.883. The molecule has 39 heavy (non-hydrogen) atoms. The fourth-order valence-corrected chi connectivity index (χ4v) is 3.48. The lowest BCUT2D eigenvalue weighted by Gasteiger charge is -2.19. The smallest absolute Gasteiger partial charge is 0.412 e. The van der Waals surface area contributed by atoms with Gasteiger partial charge >= 0.3 is 6.09 Å². The third kappa shape index (κ3) is 7.89. The Kier molecular flexibility index (Phi) is 8.26. The van der Waals surface area contributed by atoms with E-state index < -0.39 is 17.5 Å². The molecule has 4 rings (SSSR count). The molecule has 0 fully saturated rings. The van der Waals surface area contributed by atoms with Crippen LogP contribution >= 0.6 is 11.6 Å². The molecule has 0 saturated heterocycles. The molecule has 0 unspecified atom stereocenters. The van der Waals surface area contributed by atoms with E-state index in [0.717, 1.165) is 6.20 Å². The average Bonchev–Trinajstić information content (AvgIpc) is 2.88. The Morgan fingerprint density at radius 2 is 1.46 bits per heavy atom. The second kappa shape index (κ2) is 11.8. The van der Waals surface area contributed by atoms with Gasteiger partial charge in [0.15, 0.2) is 11.6 Å². The topological polar surface area (TPSA) is 117 Å². The second-order valence-electron chi connectivity index (χ2n) is 9.36. The highest BCUT2D eigenvalue weighted by Gasteiger charge is 2.16. The highest BCUT2D eigenvalue weighted by molar-refractivity contribution is 6.33. The van der Waals surface area contributed by atoms with Gasteiger partial charge in [0.25, 0.3) is 5.91 Å². The number of aromatic nitrogens is 2. The zero-order valence-corrected chi connectivity index (χ0v) is 22.1. The SMILES string of the molecule is CC(C)(C)OC(=O)Nc1ccc(Nc2ncc(F)c(Nc3ccc(C(=O)Nc4ccccc4Cl)cc3)n2)cc1. The van der Waals surface area contributed by atoms with Crippen LogP contribution in [0.15, 0.2) is 79.0 Å². The van der Waals surface area contributed by atoms with Gasteiger partial charge in [-0.15, -0.1) is 0 Å². The molecule has 3 aromatic carbocycles. The number of carbonyl (C=O) groups excluding carboxylic acids is 2. The third-order valence-corrected chi connectivity index (χ3v) is 5.39. The molecule has 4 N–H and O–H groups in total. The zero-order chi connectivity index (χ0) is 28.0. The summed E-state index contributed by atoms with van der Waals surface area (Å²) in [6.07, 6.45) is 0.483. The van der Waals surface area contributed by atoms with Crippen LogP contribution in [0.4, 0.5) is 43.7 Å². The van der Waals surface area contributed by atoms with Crippen LogP contribution in [0.25, 0.3) is 0 Å². The first-order valence-corrected chi connectivity index (χ1v) is 12.3. The van der Waals surface area contributed by atoms with Crippen LogP contribution in [0.2, 0.25) is 5.02 Å². The summed E-state index contributed by atoms with van der Waals surface area (Å²) in [6, 6.07) is 20.2. The van der Waals surface area contributed by atoms with Gasteiger partial charge in [0, 0.05) is 22.6 Å². The predicted molar refractivity (Wildman–Crippen MR) is 151 cm³/mol. The van der Waals surface area contributed by atoms with E-state index in [1.54, 1.807) is 93.6 Å². The number of carbonyl (C=O) groups is 2. The Morgan fingerprint density at radius 3 is 2.13 bits per heavy atom.